The van der Waals surface area contributed by atoms with Crippen LogP contribution in [0.4, 0.5) is 0 Å². The highest BCUT2D eigenvalue weighted by molar-refractivity contribution is 5.36. The van der Waals surface area contributed by atoms with E-state index in [1.165, 1.54) is 5.56 Å². The number of aryl methyl sites for hydroxylation is 1. The number of β-amino-alcohol motifs (C(OH)–C–C–N with tert-alkyl or cyclic N) is 1. The molecular weight excluding hydrogens is 304 g/mol. The van der Waals surface area contributed by atoms with Crippen molar-refractivity contribution >= 4 is 0 Å². The number of benzene rings is 1. The minimum Gasteiger partial charge on any atom is -0.496 e. The summed E-state index contributed by atoms with van der Waals surface area (Å²) in [7, 11) is 3.74. The molecule has 1 N–H and O–H groups in total. The van der Waals surface area contributed by atoms with Crippen LogP contribution in [0.2, 0.25) is 0 Å². The maximum absolute atomic E-state index is 10.4. The molecule has 136 valence electrons. The topological polar surface area (TPSA) is 45.2 Å². The minimum atomic E-state index is -0.355. The fourth-order valence-electron chi connectivity index (χ4n) is 3.56. The van der Waals surface area contributed by atoms with Crippen molar-refractivity contribution in [3.8, 4) is 5.75 Å². The molecule has 1 aliphatic rings. The molecule has 0 aliphatic carbocycles. The van der Waals surface area contributed by atoms with E-state index in [0.717, 1.165) is 30.9 Å². The van der Waals surface area contributed by atoms with Gasteiger partial charge >= 0.3 is 0 Å². The van der Waals surface area contributed by atoms with E-state index in [4.69, 9.17) is 9.47 Å². The lowest BCUT2D eigenvalue weighted by Crippen LogP contribution is -2.49. The van der Waals surface area contributed by atoms with Gasteiger partial charge in [0.1, 0.15) is 5.75 Å². The average molecular weight is 336 g/mol. The Kier molecular flexibility index (Phi) is 7.04. The zero-order chi connectivity index (χ0) is 17.7. The molecule has 5 heteroatoms. The van der Waals surface area contributed by atoms with Crippen molar-refractivity contribution in [3.05, 3.63) is 29.3 Å². The maximum atomic E-state index is 10.4. The second kappa shape index (κ2) is 8.81. The van der Waals surface area contributed by atoms with Gasteiger partial charge in [-0.1, -0.05) is 12.1 Å². The molecule has 5 nitrogen and oxygen atoms in total. The number of morpholine rings is 1. The van der Waals surface area contributed by atoms with E-state index in [-0.39, 0.29) is 18.3 Å². The average Bonchev–Trinajstić information content (AvgIpc) is 2.45. The number of methoxy groups -OCH3 is 1. The molecular formula is C19H32N2O3. The number of likely N-dealkylation sites (N-methyl/N-ethyl adjacent to an activating group) is 1. The lowest BCUT2D eigenvalue weighted by Gasteiger charge is -2.36. The number of nitrogens with zero attached hydrogens (tertiary/aromatic N) is 2. The Bertz CT molecular complexity index is 513. The molecule has 1 saturated heterocycles. The molecule has 24 heavy (non-hydrogen) atoms. The van der Waals surface area contributed by atoms with E-state index >= 15 is 0 Å². The highest BCUT2D eigenvalue weighted by Crippen LogP contribution is 2.19. The zero-order valence-corrected chi connectivity index (χ0v) is 15.7. The number of hydrogen-bond donors (Lipinski definition) is 1. The van der Waals surface area contributed by atoms with Crippen LogP contribution in [0.1, 0.15) is 25.0 Å². The minimum absolute atomic E-state index is 0.237. The number of rotatable bonds is 7. The predicted octanol–water partition coefficient (Wildman–Crippen LogP) is 1.91. The van der Waals surface area contributed by atoms with Crippen LogP contribution in [0, 0.1) is 6.92 Å². The van der Waals surface area contributed by atoms with Crippen molar-refractivity contribution < 1.29 is 14.6 Å². The van der Waals surface area contributed by atoms with E-state index in [0.29, 0.717) is 13.1 Å². The van der Waals surface area contributed by atoms with E-state index in [1.807, 2.05) is 13.1 Å². The molecule has 0 bridgehead atoms. The monoisotopic (exact) mass is 336 g/mol. The zero-order valence-electron chi connectivity index (χ0n) is 15.7. The molecule has 0 radical (unpaired) electrons. The van der Waals surface area contributed by atoms with Gasteiger partial charge < -0.3 is 14.6 Å². The van der Waals surface area contributed by atoms with Crippen LogP contribution >= 0.6 is 0 Å². The molecule has 3 unspecified atom stereocenters. The van der Waals surface area contributed by atoms with Crippen molar-refractivity contribution in [2.24, 2.45) is 0 Å². The van der Waals surface area contributed by atoms with E-state index in [9.17, 15) is 5.11 Å². The van der Waals surface area contributed by atoms with Gasteiger partial charge in [-0.05, 0) is 45.0 Å². The molecule has 1 fully saturated rings. The molecule has 0 amide bonds. The van der Waals surface area contributed by atoms with Crippen LogP contribution in [0.15, 0.2) is 18.2 Å². The van der Waals surface area contributed by atoms with Crippen molar-refractivity contribution in [3.63, 3.8) is 0 Å². The molecule has 0 spiro atoms. The van der Waals surface area contributed by atoms with Gasteiger partial charge in [0.05, 0.1) is 25.4 Å². The Morgan fingerprint density at radius 3 is 2.58 bits per heavy atom. The van der Waals surface area contributed by atoms with Gasteiger partial charge in [-0.3, -0.25) is 9.80 Å². The van der Waals surface area contributed by atoms with Crippen LogP contribution in [0.3, 0.4) is 0 Å². The normalized spacial score (nSPS) is 23.5. The molecule has 1 heterocycles. The maximum Gasteiger partial charge on any atom is 0.121 e. The van der Waals surface area contributed by atoms with Crippen molar-refractivity contribution in [1.82, 2.24) is 9.80 Å². The summed E-state index contributed by atoms with van der Waals surface area (Å²) in [6, 6.07) is 6.23. The number of ether oxygens (including phenoxy) is 2. The first-order valence-electron chi connectivity index (χ1n) is 8.75. The Hall–Kier alpha value is -1.14. The second-order valence-electron chi connectivity index (χ2n) is 7.13. The molecule has 2 rings (SSSR count). The van der Waals surface area contributed by atoms with Crippen molar-refractivity contribution in [1.29, 1.82) is 0 Å². The Labute approximate surface area is 146 Å². The first kappa shape index (κ1) is 19.2. The van der Waals surface area contributed by atoms with Gasteiger partial charge in [0.2, 0.25) is 0 Å². The third-order valence-electron chi connectivity index (χ3n) is 4.40. The largest absolute Gasteiger partial charge is 0.496 e. The number of hydrogen-bond acceptors (Lipinski definition) is 5. The summed E-state index contributed by atoms with van der Waals surface area (Å²) in [6.07, 6.45) is 0.119. The van der Waals surface area contributed by atoms with E-state index < -0.39 is 0 Å². The lowest BCUT2D eigenvalue weighted by molar-refractivity contribution is -0.0777. The standard InChI is InChI=1S/C19H32N2O3/c1-14-8-17(6-7-19(14)23-5)11-20(4)12-18(22)13-21-9-15(2)24-16(3)10-21/h6-8,15-16,18,22H,9-13H2,1-5H3. The van der Waals surface area contributed by atoms with Gasteiger partial charge in [0.25, 0.3) is 0 Å². The first-order valence-corrected chi connectivity index (χ1v) is 8.75. The molecule has 1 aromatic carbocycles. The predicted molar refractivity (Wildman–Crippen MR) is 96.5 cm³/mol. The van der Waals surface area contributed by atoms with Crippen molar-refractivity contribution in [2.75, 3.05) is 40.3 Å². The molecule has 0 aromatic heterocycles. The third kappa shape index (κ3) is 5.74. The summed E-state index contributed by atoms with van der Waals surface area (Å²) in [4.78, 5) is 4.47. The second-order valence-corrected chi connectivity index (χ2v) is 7.13. The fourth-order valence-corrected chi connectivity index (χ4v) is 3.56. The number of aliphatic hydroxyl groups is 1. The first-order chi connectivity index (χ1) is 11.4. The summed E-state index contributed by atoms with van der Waals surface area (Å²) in [5, 5.41) is 10.4. The van der Waals surface area contributed by atoms with Gasteiger partial charge in [-0.15, -0.1) is 0 Å². The van der Waals surface area contributed by atoms with Crippen molar-refractivity contribution in [2.45, 2.75) is 45.6 Å². The fraction of sp³-hybridized carbons (Fsp3) is 0.684. The lowest BCUT2D eigenvalue weighted by atomic mass is 10.1. The van der Waals surface area contributed by atoms with Crippen LogP contribution in [0.5, 0.6) is 5.75 Å². The Morgan fingerprint density at radius 1 is 1.33 bits per heavy atom. The van der Waals surface area contributed by atoms with Gasteiger partial charge in [0, 0.05) is 32.7 Å². The summed E-state index contributed by atoms with van der Waals surface area (Å²) < 4.78 is 11.0. The third-order valence-corrected chi connectivity index (χ3v) is 4.40. The Balaban J connectivity index is 1.81. The smallest absolute Gasteiger partial charge is 0.121 e. The van der Waals surface area contributed by atoms with Crippen LogP contribution < -0.4 is 4.74 Å². The molecule has 3 atom stereocenters. The molecule has 1 aliphatic heterocycles. The highest BCUT2D eigenvalue weighted by Gasteiger charge is 2.24. The van der Waals surface area contributed by atoms with Gasteiger partial charge in [-0.2, -0.15) is 0 Å². The summed E-state index contributed by atoms with van der Waals surface area (Å²) in [5.74, 6) is 0.914. The highest BCUT2D eigenvalue weighted by atomic mass is 16.5. The van der Waals surface area contributed by atoms with Gasteiger partial charge in [-0.25, -0.2) is 0 Å². The SMILES string of the molecule is COc1ccc(CN(C)CC(O)CN2CC(C)OC(C)C2)cc1C. The van der Waals surface area contributed by atoms with E-state index in [1.54, 1.807) is 7.11 Å². The van der Waals surface area contributed by atoms with E-state index in [2.05, 4.69) is 42.7 Å². The molecule has 1 aromatic rings. The van der Waals surface area contributed by atoms with Gasteiger partial charge in [0.15, 0.2) is 0 Å². The summed E-state index contributed by atoms with van der Waals surface area (Å²) >= 11 is 0. The van der Waals surface area contributed by atoms with Crippen LogP contribution in [0.25, 0.3) is 0 Å². The quantitative estimate of drug-likeness (QED) is 0.824. The Morgan fingerprint density at radius 2 is 2.00 bits per heavy atom. The summed E-state index contributed by atoms with van der Waals surface area (Å²) in [6.45, 7) is 10.2. The van der Waals surface area contributed by atoms with Crippen LogP contribution in [-0.2, 0) is 11.3 Å². The summed E-state index contributed by atoms with van der Waals surface area (Å²) in [5.41, 5.74) is 2.37. The van der Waals surface area contributed by atoms with Crippen LogP contribution in [-0.4, -0.2) is 73.6 Å². The molecule has 0 saturated carbocycles. The number of aliphatic hydroxyl groups excluding tert-OH is 1.